The van der Waals surface area contributed by atoms with Gasteiger partial charge in [-0.05, 0) is 70.0 Å². The van der Waals surface area contributed by atoms with Gasteiger partial charge in [0, 0.05) is 25.7 Å². The Morgan fingerprint density at radius 2 is 1.65 bits per heavy atom. The summed E-state index contributed by atoms with van der Waals surface area (Å²) in [5.41, 5.74) is 1.40. The first kappa shape index (κ1) is 18.0. The van der Waals surface area contributed by atoms with Crippen LogP contribution in [-0.4, -0.2) is 55.6 Å². The summed E-state index contributed by atoms with van der Waals surface area (Å²) >= 11 is 0. The quantitative estimate of drug-likeness (QED) is 0.829. The first-order valence-corrected chi connectivity index (χ1v) is 10.0. The van der Waals surface area contributed by atoms with E-state index in [1.807, 2.05) is 0 Å². The SMILES string of the molecule is COC1(C(=O)N2CCC3(CCC(c4ccccc4)(N(C)C)CC3)C2)CC1. The molecular formula is C22H32N2O2. The number of benzene rings is 1. The molecule has 4 nitrogen and oxygen atoms in total. The van der Waals surface area contributed by atoms with Crippen molar-refractivity contribution in [1.29, 1.82) is 0 Å². The highest BCUT2D eigenvalue weighted by atomic mass is 16.5. The van der Waals surface area contributed by atoms with Crippen molar-refractivity contribution < 1.29 is 9.53 Å². The summed E-state index contributed by atoms with van der Waals surface area (Å²) in [5.74, 6) is 0.240. The second-order valence-electron chi connectivity index (χ2n) is 8.97. The first-order valence-electron chi connectivity index (χ1n) is 10.0. The van der Waals surface area contributed by atoms with E-state index in [4.69, 9.17) is 4.74 Å². The standard InChI is InChI=1S/C22H32N2O2/c1-23(2)21(18-7-5-4-6-8-18)11-9-20(10-12-21)15-16-24(17-20)19(25)22(26-3)13-14-22/h4-8H,9-17H2,1-3H3. The molecular weight excluding hydrogens is 324 g/mol. The van der Waals surface area contributed by atoms with Gasteiger partial charge in [0.2, 0.25) is 0 Å². The molecule has 26 heavy (non-hydrogen) atoms. The van der Waals surface area contributed by atoms with Gasteiger partial charge in [0.15, 0.2) is 0 Å². The van der Waals surface area contributed by atoms with Crippen LogP contribution in [-0.2, 0) is 15.1 Å². The fourth-order valence-electron chi connectivity index (χ4n) is 5.36. The topological polar surface area (TPSA) is 32.8 Å². The monoisotopic (exact) mass is 356 g/mol. The minimum absolute atomic E-state index is 0.133. The molecule has 0 radical (unpaired) electrons. The number of rotatable bonds is 4. The molecule has 0 aromatic heterocycles. The van der Waals surface area contributed by atoms with Gasteiger partial charge in [-0.15, -0.1) is 0 Å². The van der Waals surface area contributed by atoms with E-state index in [-0.39, 0.29) is 11.4 Å². The lowest BCUT2D eigenvalue weighted by molar-refractivity contribution is -0.144. The lowest BCUT2D eigenvalue weighted by Gasteiger charge is -2.49. The predicted octanol–water partition coefficient (Wildman–Crippen LogP) is 3.42. The minimum Gasteiger partial charge on any atom is -0.368 e. The van der Waals surface area contributed by atoms with Crippen LogP contribution in [0.1, 0.15) is 50.5 Å². The molecule has 0 N–H and O–H groups in total. The normalized spacial score (nSPS) is 33.0. The van der Waals surface area contributed by atoms with Crippen LogP contribution in [0.25, 0.3) is 0 Å². The van der Waals surface area contributed by atoms with Crippen LogP contribution in [0.2, 0.25) is 0 Å². The molecule has 0 unspecified atom stereocenters. The second-order valence-corrected chi connectivity index (χ2v) is 8.97. The average Bonchev–Trinajstić information content (AvgIpc) is 3.38. The van der Waals surface area contributed by atoms with Gasteiger partial charge in [0.1, 0.15) is 5.60 Å². The van der Waals surface area contributed by atoms with Crippen molar-refractivity contribution in [3.05, 3.63) is 35.9 Å². The summed E-state index contributed by atoms with van der Waals surface area (Å²) in [6.45, 7) is 1.83. The number of carbonyl (C=O) groups is 1. The zero-order chi connectivity index (χ0) is 18.4. The molecule has 4 heteroatoms. The Balaban J connectivity index is 1.47. The van der Waals surface area contributed by atoms with E-state index in [1.165, 1.54) is 31.2 Å². The number of carbonyl (C=O) groups excluding carboxylic acids is 1. The van der Waals surface area contributed by atoms with Crippen LogP contribution in [0.4, 0.5) is 0 Å². The molecule has 1 amide bonds. The Labute approximate surface area is 157 Å². The van der Waals surface area contributed by atoms with Crippen LogP contribution < -0.4 is 0 Å². The van der Waals surface area contributed by atoms with Crippen LogP contribution >= 0.6 is 0 Å². The summed E-state index contributed by atoms with van der Waals surface area (Å²) in [4.78, 5) is 17.3. The van der Waals surface area contributed by atoms with Crippen LogP contribution in [0.5, 0.6) is 0 Å². The third-order valence-corrected chi connectivity index (χ3v) is 7.52. The minimum atomic E-state index is -0.475. The van der Waals surface area contributed by atoms with E-state index in [2.05, 4.69) is 54.2 Å². The van der Waals surface area contributed by atoms with E-state index >= 15 is 0 Å². The molecule has 1 saturated heterocycles. The molecule has 3 fully saturated rings. The molecule has 1 heterocycles. The second kappa shape index (κ2) is 6.35. The summed E-state index contributed by atoms with van der Waals surface area (Å²) in [7, 11) is 6.11. The van der Waals surface area contributed by atoms with Gasteiger partial charge in [-0.3, -0.25) is 9.69 Å². The van der Waals surface area contributed by atoms with E-state index in [9.17, 15) is 4.79 Å². The van der Waals surface area contributed by atoms with Gasteiger partial charge in [-0.2, -0.15) is 0 Å². The molecule has 142 valence electrons. The Morgan fingerprint density at radius 3 is 2.19 bits per heavy atom. The van der Waals surface area contributed by atoms with Crippen LogP contribution in [0.15, 0.2) is 30.3 Å². The molecule has 2 aliphatic carbocycles. The van der Waals surface area contributed by atoms with Crippen LogP contribution in [0.3, 0.4) is 0 Å². The van der Waals surface area contributed by atoms with Crippen molar-refractivity contribution in [1.82, 2.24) is 9.80 Å². The fraction of sp³-hybridized carbons (Fsp3) is 0.682. The zero-order valence-corrected chi connectivity index (χ0v) is 16.5. The van der Waals surface area contributed by atoms with Gasteiger partial charge in [0.25, 0.3) is 5.91 Å². The molecule has 3 aliphatic rings. The zero-order valence-electron chi connectivity index (χ0n) is 16.5. The van der Waals surface area contributed by atoms with Gasteiger partial charge < -0.3 is 9.64 Å². The summed E-state index contributed by atoms with van der Waals surface area (Å²) in [6, 6.07) is 11.0. The number of nitrogens with zero attached hydrogens (tertiary/aromatic N) is 2. The fourth-order valence-corrected chi connectivity index (χ4v) is 5.36. The lowest BCUT2D eigenvalue weighted by atomic mass is 9.64. The smallest absolute Gasteiger partial charge is 0.254 e. The molecule has 1 aromatic rings. The summed E-state index contributed by atoms with van der Waals surface area (Å²) in [6.07, 6.45) is 7.67. The Bertz CT molecular complexity index is 658. The van der Waals surface area contributed by atoms with Crippen molar-refractivity contribution in [2.75, 3.05) is 34.3 Å². The van der Waals surface area contributed by atoms with Gasteiger partial charge in [-0.1, -0.05) is 30.3 Å². The highest BCUT2D eigenvalue weighted by Gasteiger charge is 2.55. The summed E-state index contributed by atoms with van der Waals surface area (Å²) < 4.78 is 5.52. The largest absolute Gasteiger partial charge is 0.368 e. The number of hydrogen-bond acceptors (Lipinski definition) is 3. The van der Waals surface area contributed by atoms with Gasteiger partial charge in [-0.25, -0.2) is 0 Å². The Kier molecular flexibility index (Phi) is 4.39. The molecule has 0 atom stereocenters. The number of hydrogen-bond donors (Lipinski definition) is 0. The third kappa shape index (κ3) is 2.78. The number of likely N-dealkylation sites (tertiary alicyclic amines) is 1. The molecule has 4 rings (SSSR count). The number of methoxy groups -OCH3 is 1. The van der Waals surface area contributed by atoms with Crippen molar-refractivity contribution in [2.45, 2.75) is 56.1 Å². The van der Waals surface area contributed by atoms with Crippen molar-refractivity contribution in [2.24, 2.45) is 5.41 Å². The molecule has 2 saturated carbocycles. The maximum absolute atomic E-state index is 12.8. The average molecular weight is 357 g/mol. The number of amides is 1. The predicted molar refractivity (Wildman–Crippen MR) is 103 cm³/mol. The molecule has 1 spiro atoms. The third-order valence-electron chi connectivity index (χ3n) is 7.52. The van der Waals surface area contributed by atoms with Gasteiger partial charge >= 0.3 is 0 Å². The lowest BCUT2D eigenvalue weighted by Crippen LogP contribution is -2.48. The van der Waals surface area contributed by atoms with Crippen molar-refractivity contribution in [3.8, 4) is 0 Å². The molecule has 1 aromatic carbocycles. The first-order chi connectivity index (χ1) is 12.5. The molecule has 0 bridgehead atoms. The Morgan fingerprint density at radius 1 is 1.00 bits per heavy atom. The van der Waals surface area contributed by atoms with Crippen molar-refractivity contribution >= 4 is 5.91 Å². The highest BCUT2D eigenvalue weighted by molar-refractivity contribution is 5.88. The number of ether oxygens (including phenoxy) is 1. The van der Waals surface area contributed by atoms with E-state index in [1.54, 1.807) is 7.11 Å². The van der Waals surface area contributed by atoms with Crippen molar-refractivity contribution in [3.63, 3.8) is 0 Å². The van der Waals surface area contributed by atoms with Crippen LogP contribution in [0, 0.1) is 5.41 Å². The van der Waals surface area contributed by atoms with E-state index in [0.29, 0.717) is 5.41 Å². The molecule has 1 aliphatic heterocycles. The Hall–Kier alpha value is -1.39. The summed E-state index contributed by atoms with van der Waals surface area (Å²) in [5, 5.41) is 0. The van der Waals surface area contributed by atoms with E-state index in [0.717, 1.165) is 32.4 Å². The van der Waals surface area contributed by atoms with Gasteiger partial charge in [0.05, 0.1) is 0 Å². The maximum Gasteiger partial charge on any atom is 0.254 e. The van der Waals surface area contributed by atoms with E-state index < -0.39 is 5.60 Å². The highest BCUT2D eigenvalue weighted by Crippen LogP contribution is 2.52. The maximum atomic E-state index is 12.8.